The van der Waals surface area contributed by atoms with Gasteiger partial charge < -0.3 is 9.53 Å². The molecule has 24 heavy (non-hydrogen) atoms. The minimum Gasteiger partial charge on any atom is -0.413 e. The van der Waals surface area contributed by atoms with E-state index >= 15 is 0 Å². The molecule has 0 saturated carbocycles. The van der Waals surface area contributed by atoms with Gasteiger partial charge in [0.2, 0.25) is 0 Å². The Balaban J connectivity index is 2.28. The van der Waals surface area contributed by atoms with Gasteiger partial charge in [0.1, 0.15) is 0 Å². The van der Waals surface area contributed by atoms with E-state index in [1.54, 1.807) is 0 Å². The highest BCUT2D eigenvalue weighted by Gasteiger charge is 2.38. The number of benzene rings is 1. The van der Waals surface area contributed by atoms with Crippen LogP contribution < -0.4 is 0 Å². The van der Waals surface area contributed by atoms with Gasteiger partial charge in [0.05, 0.1) is 12.2 Å². The van der Waals surface area contributed by atoms with Crippen molar-refractivity contribution in [3.8, 4) is 0 Å². The van der Waals surface area contributed by atoms with Gasteiger partial charge in [-0.05, 0) is 35.7 Å². The highest BCUT2D eigenvalue weighted by atomic mass is 28.4. The molecule has 0 fully saturated rings. The zero-order valence-corrected chi connectivity index (χ0v) is 17.0. The molecule has 4 atom stereocenters. The quantitative estimate of drug-likeness (QED) is 0.689. The highest BCUT2D eigenvalue weighted by Crippen LogP contribution is 2.37. The Morgan fingerprint density at radius 2 is 1.62 bits per heavy atom. The van der Waals surface area contributed by atoms with E-state index in [1.165, 1.54) is 11.1 Å². The summed E-state index contributed by atoms with van der Waals surface area (Å²) < 4.78 is 6.76. The molecule has 1 aliphatic rings. The lowest BCUT2D eigenvalue weighted by Gasteiger charge is -2.37. The summed E-state index contributed by atoms with van der Waals surface area (Å²) in [6.07, 6.45) is 3.00. The van der Waals surface area contributed by atoms with Gasteiger partial charge in [0.25, 0.3) is 0 Å². The third kappa shape index (κ3) is 4.01. The van der Waals surface area contributed by atoms with Crippen LogP contribution in [0.5, 0.6) is 0 Å². The summed E-state index contributed by atoms with van der Waals surface area (Å²) in [7, 11) is -1.66. The van der Waals surface area contributed by atoms with Crippen molar-refractivity contribution < 1.29 is 9.53 Å². The Bertz CT molecular complexity index is 528. The SMILES string of the molecule is CC[Si](CC)(CC)O[C@H]1CC=C(c2ccccc2)[C@@H](C)[C@H](O)[C@@H]1C. The zero-order chi connectivity index (χ0) is 17.7. The lowest BCUT2D eigenvalue weighted by molar-refractivity contribution is 0.0181. The van der Waals surface area contributed by atoms with Crippen LogP contribution in [0.1, 0.15) is 46.6 Å². The van der Waals surface area contributed by atoms with Gasteiger partial charge in [-0.25, -0.2) is 0 Å². The van der Waals surface area contributed by atoms with E-state index in [2.05, 4.69) is 65.0 Å². The van der Waals surface area contributed by atoms with Crippen molar-refractivity contribution in [3.63, 3.8) is 0 Å². The fraction of sp³-hybridized carbons (Fsp3) is 0.619. The molecular weight excluding hydrogens is 312 g/mol. The first kappa shape index (κ1) is 19.4. The van der Waals surface area contributed by atoms with E-state index in [9.17, 15) is 5.11 Å². The fourth-order valence-corrected chi connectivity index (χ4v) is 6.94. The second kappa shape index (κ2) is 8.46. The first-order valence-corrected chi connectivity index (χ1v) is 12.1. The van der Waals surface area contributed by atoms with Gasteiger partial charge in [-0.2, -0.15) is 0 Å². The Morgan fingerprint density at radius 1 is 1.04 bits per heavy atom. The number of hydrogen-bond acceptors (Lipinski definition) is 2. The Hall–Kier alpha value is -0.903. The van der Waals surface area contributed by atoms with Gasteiger partial charge in [0, 0.05) is 11.8 Å². The molecule has 1 aliphatic carbocycles. The van der Waals surface area contributed by atoms with Crippen LogP contribution in [0.2, 0.25) is 18.1 Å². The second-order valence-corrected chi connectivity index (χ2v) is 12.0. The molecule has 1 N–H and O–H groups in total. The van der Waals surface area contributed by atoms with E-state index < -0.39 is 8.32 Å². The summed E-state index contributed by atoms with van der Waals surface area (Å²) in [5.41, 5.74) is 2.49. The number of aliphatic hydroxyl groups excluding tert-OH is 1. The maximum Gasteiger partial charge on any atom is 0.192 e. The van der Waals surface area contributed by atoms with Crippen LogP contribution in [0.4, 0.5) is 0 Å². The van der Waals surface area contributed by atoms with Gasteiger partial charge in [-0.3, -0.25) is 0 Å². The molecule has 0 aliphatic heterocycles. The van der Waals surface area contributed by atoms with Crippen LogP contribution in [0.25, 0.3) is 5.57 Å². The third-order valence-corrected chi connectivity index (χ3v) is 10.8. The molecule has 0 bridgehead atoms. The van der Waals surface area contributed by atoms with Crippen molar-refractivity contribution in [1.29, 1.82) is 0 Å². The molecule has 1 aromatic rings. The van der Waals surface area contributed by atoms with Crippen molar-refractivity contribution in [2.75, 3.05) is 0 Å². The minimum absolute atomic E-state index is 0.134. The first-order chi connectivity index (χ1) is 11.5. The van der Waals surface area contributed by atoms with Crippen molar-refractivity contribution in [2.24, 2.45) is 11.8 Å². The predicted octanol–water partition coefficient (Wildman–Crippen LogP) is 5.50. The van der Waals surface area contributed by atoms with E-state index in [1.807, 2.05) is 6.07 Å². The highest BCUT2D eigenvalue weighted by molar-refractivity contribution is 6.73. The molecule has 0 heterocycles. The molecule has 1 aromatic carbocycles. The van der Waals surface area contributed by atoms with E-state index in [0.29, 0.717) is 0 Å². The molecule has 0 amide bonds. The summed E-state index contributed by atoms with van der Waals surface area (Å²) in [6.45, 7) is 11.1. The van der Waals surface area contributed by atoms with E-state index in [4.69, 9.17) is 4.43 Å². The van der Waals surface area contributed by atoms with Crippen molar-refractivity contribution in [2.45, 2.75) is 71.4 Å². The average molecular weight is 347 g/mol. The van der Waals surface area contributed by atoms with Crippen molar-refractivity contribution in [1.82, 2.24) is 0 Å². The summed E-state index contributed by atoms with van der Waals surface area (Å²) in [4.78, 5) is 0. The molecule has 0 unspecified atom stereocenters. The summed E-state index contributed by atoms with van der Waals surface area (Å²) in [5.74, 6) is 0.297. The molecule has 2 nitrogen and oxygen atoms in total. The van der Waals surface area contributed by atoms with Crippen LogP contribution in [-0.4, -0.2) is 25.6 Å². The number of rotatable bonds is 6. The lowest BCUT2D eigenvalue weighted by atomic mass is 9.85. The summed E-state index contributed by atoms with van der Waals surface area (Å²) in [5, 5.41) is 10.9. The van der Waals surface area contributed by atoms with E-state index in [-0.39, 0.29) is 24.0 Å². The molecular formula is C21H34O2Si. The zero-order valence-electron chi connectivity index (χ0n) is 16.0. The van der Waals surface area contributed by atoms with Crippen LogP contribution in [0, 0.1) is 11.8 Å². The molecule has 134 valence electrons. The largest absolute Gasteiger partial charge is 0.413 e. The summed E-state index contributed by atoms with van der Waals surface area (Å²) >= 11 is 0. The normalized spacial score (nSPS) is 28.3. The maximum atomic E-state index is 10.9. The smallest absolute Gasteiger partial charge is 0.192 e. The molecule has 0 saturated heterocycles. The topological polar surface area (TPSA) is 29.5 Å². The second-order valence-electron chi connectivity index (χ2n) is 7.30. The number of hydrogen-bond donors (Lipinski definition) is 1. The number of aliphatic hydroxyl groups is 1. The van der Waals surface area contributed by atoms with Gasteiger partial charge in [-0.1, -0.05) is 71.0 Å². The van der Waals surface area contributed by atoms with Crippen molar-refractivity contribution >= 4 is 13.9 Å². The Labute approximate surface area is 149 Å². The molecule has 0 spiro atoms. The maximum absolute atomic E-state index is 10.9. The standard InChI is InChI=1S/C21H34O2Si/c1-6-24(7-2,8-3)23-20-15-14-19(16(4)21(22)17(20)5)18-12-10-9-11-13-18/h9-14,16-17,20-22H,6-8,15H2,1-5H3/t16-,17-,20+,21+/m1/s1. The van der Waals surface area contributed by atoms with Crippen LogP contribution in [0.3, 0.4) is 0 Å². The minimum atomic E-state index is -1.66. The van der Waals surface area contributed by atoms with Crippen LogP contribution in [0.15, 0.2) is 36.4 Å². The molecule has 0 aromatic heterocycles. The lowest BCUT2D eigenvalue weighted by Crippen LogP contribution is -2.44. The fourth-order valence-electron chi connectivity index (χ4n) is 3.99. The molecule has 2 rings (SSSR count). The van der Waals surface area contributed by atoms with Gasteiger partial charge >= 0.3 is 0 Å². The molecule has 3 heteroatoms. The summed E-state index contributed by atoms with van der Waals surface area (Å²) in [6, 6.07) is 13.9. The van der Waals surface area contributed by atoms with Crippen LogP contribution >= 0.6 is 0 Å². The Morgan fingerprint density at radius 3 is 2.17 bits per heavy atom. The monoisotopic (exact) mass is 346 g/mol. The van der Waals surface area contributed by atoms with Gasteiger partial charge in [-0.15, -0.1) is 0 Å². The van der Waals surface area contributed by atoms with Crippen LogP contribution in [-0.2, 0) is 4.43 Å². The third-order valence-electron chi connectivity index (χ3n) is 6.14. The van der Waals surface area contributed by atoms with E-state index in [0.717, 1.165) is 24.6 Å². The van der Waals surface area contributed by atoms with Gasteiger partial charge in [0.15, 0.2) is 8.32 Å². The van der Waals surface area contributed by atoms with Crippen molar-refractivity contribution in [3.05, 3.63) is 42.0 Å². The Kier molecular flexibility index (Phi) is 6.85. The predicted molar refractivity (Wildman–Crippen MR) is 105 cm³/mol. The molecule has 0 radical (unpaired) electrons. The average Bonchev–Trinajstić information content (AvgIpc) is 2.73. The first-order valence-electron chi connectivity index (χ1n) is 9.59.